The van der Waals surface area contributed by atoms with Gasteiger partial charge in [0.15, 0.2) is 0 Å². The van der Waals surface area contributed by atoms with Crippen molar-refractivity contribution in [3.8, 4) is 0 Å². The van der Waals surface area contributed by atoms with Crippen LogP contribution < -0.4 is 5.32 Å². The van der Waals surface area contributed by atoms with E-state index >= 15 is 0 Å². The van der Waals surface area contributed by atoms with Crippen molar-refractivity contribution in [1.82, 2.24) is 5.32 Å². The van der Waals surface area contributed by atoms with Gasteiger partial charge in [0.2, 0.25) is 0 Å². The van der Waals surface area contributed by atoms with Crippen LogP contribution in [-0.2, 0) is 0 Å². The number of carbonyl (C=O) groups excluding carboxylic acids is 1. The Hall–Kier alpha value is -0.670. The maximum atomic E-state index is 11.8. The molecule has 1 N–H and O–H groups in total. The summed E-state index contributed by atoms with van der Waals surface area (Å²) >= 11 is 7.65. The molecule has 0 saturated carbocycles. The Morgan fingerprint density at radius 1 is 1.41 bits per heavy atom. The van der Waals surface area contributed by atoms with Crippen molar-refractivity contribution < 1.29 is 4.79 Å². The predicted octanol–water partition coefficient (Wildman–Crippen LogP) is 3.55. The molecular formula is C13H18ClNOS. The summed E-state index contributed by atoms with van der Waals surface area (Å²) in [7, 11) is 0. The predicted molar refractivity (Wildman–Crippen MR) is 75.1 cm³/mol. The highest BCUT2D eigenvalue weighted by atomic mass is 35.5. The van der Waals surface area contributed by atoms with Crippen molar-refractivity contribution in [1.29, 1.82) is 0 Å². The molecule has 0 aliphatic heterocycles. The molecule has 94 valence electrons. The highest BCUT2D eigenvalue weighted by molar-refractivity contribution is 7.98. The van der Waals surface area contributed by atoms with E-state index < -0.39 is 0 Å². The molecule has 17 heavy (non-hydrogen) atoms. The lowest BCUT2D eigenvalue weighted by atomic mass is 10.2. The molecular weight excluding hydrogens is 254 g/mol. The fourth-order valence-electron chi connectivity index (χ4n) is 1.39. The van der Waals surface area contributed by atoms with Crippen LogP contribution in [0.5, 0.6) is 0 Å². The molecule has 0 spiro atoms. The van der Waals surface area contributed by atoms with Crippen LogP contribution in [0.1, 0.15) is 30.1 Å². The molecule has 0 fully saturated rings. The summed E-state index contributed by atoms with van der Waals surface area (Å²) in [5.41, 5.74) is 0.699. The number of hydrogen-bond acceptors (Lipinski definition) is 2. The molecule has 0 aliphatic carbocycles. The van der Waals surface area contributed by atoms with Crippen molar-refractivity contribution in [2.75, 3.05) is 12.8 Å². The minimum absolute atomic E-state index is 0.0300. The average molecular weight is 272 g/mol. The summed E-state index contributed by atoms with van der Waals surface area (Å²) in [5.74, 6) is -0.0300. The van der Waals surface area contributed by atoms with Crippen LogP contribution in [0.25, 0.3) is 0 Å². The molecule has 1 aromatic carbocycles. The summed E-state index contributed by atoms with van der Waals surface area (Å²) in [4.78, 5) is 12.9. The number of nitrogens with one attached hydrogen (secondary N) is 1. The molecule has 0 bridgehead atoms. The first-order chi connectivity index (χ1) is 8.17. The number of halogens is 1. The number of carbonyl (C=O) groups is 1. The topological polar surface area (TPSA) is 29.1 Å². The highest BCUT2D eigenvalue weighted by Crippen LogP contribution is 2.14. The van der Waals surface area contributed by atoms with E-state index in [2.05, 4.69) is 5.32 Å². The van der Waals surface area contributed by atoms with Gasteiger partial charge in [-0.25, -0.2) is 0 Å². The Balaban J connectivity index is 2.41. The third-order valence-corrected chi connectivity index (χ3v) is 3.81. The molecule has 1 rings (SSSR count). The van der Waals surface area contributed by atoms with Gasteiger partial charge < -0.3 is 5.32 Å². The molecule has 0 aliphatic rings. The SMILES string of the molecule is CCC(Cl)CCNC(=O)c1ccc(SC)cc1. The van der Waals surface area contributed by atoms with Crippen LogP contribution in [0.4, 0.5) is 0 Å². The molecule has 1 atom stereocenters. The molecule has 0 aromatic heterocycles. The first kappa shape index (κ1) is 14.4. The minimum Gasteiger partial charge on any atom is -0.352 e. The Labute approximate surface area is 112 Å². The largest absolute Gasteiger partial charge is 0.352 e. The maximum absolute atomic E-state index is 11.8. The number of amides is 1. The second-order valence-corrected chi connectivity index (χ2v) is 5.28. The lowest BCUT2D eigenvalue weighted by molar-refractivity contribution is 0.0953. The van der Waals surface area contributed by atoms with Crippen LogP contribution in [0.3, 0.4) is 0 Å². The number of hydrogen-bond donors (Lipinski definition) is 1. The van der Waals surface area contributed by atoms with E-state index in [-0.39, 0.29) is 11.3 Å². The number of rotatable bonds is 6. The minimum atomic E-state index is -0.0300. The summed E-state index contributed by atoms with van der Waals surface area (Å²) in [6, 6.07) is 7.60. The third kappa shape index (κ3) is 5.00. The van der Waals surface area contributed by atoms with E-state index in [0.717, 1.165) is 17.7 Å². The van der Waals surface area contributed by atoms with Gasteiger partial charge in [-0.05, 0) is 43.4 Å². The van der Waals surface area contributed by atoms with E-state index in [1.165, 1.54) is 0 Å². The van der Waals surface area contributed by atoms with Crippen molar-refractivity contribution >= 4 is 29.3 Å². The third-order valence-electron chi connectivity index (χ3n) is 2.54. The lowest BCUT2D eigenvalue weighted by Crippen LogP contribution is -2.25. The number of alkyl halides is 1. The van der Waals surface area contributed by atoms with Crippen LogP contribution in [0.15, 0.2) is 29.2 Å². The zero-order chi connectivity index (χ0) is 12.7. The summed E-state index contributed by atoms with van der Waals surface area (Å²) in [6.07, 6.45) is 3.76. The van der Waals surface area contributed by atoms with Crippen molar-refractivity contribution in [2.45, 2.75) is 30.0 Å². The standard InChI is InChI=1S/C13H18ClNOS/c1-3-11(14)8-9-15-13(16)10-4-6-12(17-2)7-5-10/h4-7,11H,3,8-9H2,1-2H3,(H,15,16). The first-order valence-corrected chi connectivity index (χ1v) is 7.39. The Bertz CT molecular complexity index is 353. The van der Waals surface area contributed by atoms with Crippen LogP contribution >= 0.6 is 23.4 Å². The smallest absolute Gasteiger partial charge is 0.251 e. The number of thioether (sulfide) groups is 1. The Morgan fingerprint density at radius 3 is 2.59 bits per heavy atom. The van der Waals surface area contributed by atoms with Crippen LogP contribution in [0.2, 0.25) is 0 Å². The average Bonchev–Trinajstić information content (AvgIpc) is 2.38. The highest BCUT2D eigenvalue weighted by Gasteiger charge is 2.06. The van der Waals surface area contributed by atoms with Gasteiger partial charge in [-0.1, -0.05) is 6.92 Å². The van der Waals surface area contributed by atoms with Gasteiger partial charge in [0.25, 0.3) is 5.91 Å². The van der Waals surface area contributed by atoms with Gasteiger partial charge in [-0.15, -0.1) is 23.4 Å². The lowest BCUT2D eigenvalue weighted by Gasteiger charge is -2.08. The summed E-state index contributed by atoms with van der Waals surface area (Å²) in [5, 5.41) is 3.02. The Morgan fingerprint density at radius 2 is 2.06 bits per heavy atom. The molecule has 0 radical (unpaired) electrons. The molecule has 0 heterocycles. The van der Waals surface area contributed by atoms with Gasteiger partial charge in [0.1, 0.15) is 0 Å². The van der Waals surface area contributed by atoms with E-state index in [0.29, 0.717) is 12.1 Å². The molecule has 2 nitrogen and oxygen atoms in total. The van der Waals surface area contributed by atoms with Crippen LogP contribution in [-0.4, -0.2) is 24.1 Å². The molecule has 0 saturated heterocycles. The van der Waals surface area contributed by atoms with E-state index in [1.807, 2.05) is 37.4 Å². The van der Waals surface area contributed by atoms with E-state index in [4.69, 9.17) is 11.6 Å². The first-order valence-electron chi connectivity index (χ1n) is 5.73. The summed E-state index contributed by atoms with van der Waals surface area (Å²) in [6.45, 7) is 2.67. The van der Waals surface area contributed by atoms with Crippen molar-refractivity contribution in [3.05, 3.63) is 29.8 Å². The van der Waals surface area contributed by atoms with Gasteiger partial charge in [-0.3, -0.25) is 4.79 Å². The fraction of sp³-hybridized carbons (Fsp3) is 0.462. The van der Waals surface area contributed by atoms with Crippen molar-refractivity contribution in [2.24, 2.45) is 0 Å². The molecule has 1 amide bonds. The van der Waals surface area contributed by atoms with E-state index in [9.17, 15) is 4.79 Å². The zero-order valence-electron chi connectivity index (χ0n) is 10.2. The second-order valence-electron chi connectivity index (χ2n) is 3.78. The summed E-state index contributed by atoms with van der Waals surface area (Å²) < 4.78 is 0. The fourth-order valence-corrected chi connectivity index (χ4v) is 1.91. The van der Waals surface area contributed by atoms with Gasteiger partial charge >= 0.3 is 0 Å². The quantitative estimate of drug-likeness (QED) is 0.633. The molecule has 1 unspecified atom stereocenters. The van der Waals surface area contributed by atoms with E-state index in [1.54, 1.807) is 11.8 Å². The van der Waals surface area contributed by atoms with Gasteiger partial charge in [-0.2, -0.15) is 0 Å². The second kappa shape index (κ2) is 7.62. The number of benzene rings is 1. The maximum Gasteiger partial charge on any atom is 0.251 e. The van der Waals surface area contributed by atoms with Gasteiger partial charge in [0.05, 0.1) is 0 Å². The molecule has 1 aromatic rings. The van der Waals surface area contributed by atoms with Crippen LogP contribution in [0, 0.1) is 0 Å². The van der Waals surface area contributed by atoms with Gasteiger partial charge in [0, 0.05) is 22.4 Å². The normalized spacial score (nSPS) is 12.2. The van der Waals surface area contributed by atoms with Crippen molar-refractivity contribution in [3.63, 3.8) is 0 Å². The Kier molecular flexibility index (Phi) is 6.45. The molecule has 4 heteroatoms. The monoisotopic (exact) mass is 271 g/mol. The zero-order valence-corrected chi connectivity index (χ0v) is 11.8.